The van der Waals surface area contributed by atoms with Crippen molar-refractivity contribution in [3.63, 3.8) is 0 Å². The van der Waals surface area contributed by atoms with Gasteiger partial charge < -0.3 is 25.3 Å². The molecular weight excluding hydrogens is 258 g/mol. The fourth-order valence-electron chi connectivity index (χ4n) is 2.55. The van der Waals surface area contributed by atoms with Gasteiger partial charge in [-0.15, -0.1) is 6.42 Å². The molecule has 2 aromatic heterocycles. The van der Waals surface area contributed by atoms with Crippen LogP contribution in [-0.2, 0) is 4.74 Å². The fraction of sp³-hybridized carbons (Fsp3) is 0.357. The summed E-state index contributed by atoms with van der Waals surface area (Å²) in [5.41, 5.74) is 5.81. The predicted molar refractivity (Wildman–Crippen MR) is 73.5 cm³/mol. The van der Waals surface area contributed by atoms with Crippen LogP contribution in [0.2, 0.25) is 0 Å². The van der Waals surface area contributed by atoms with E-state index < -0.39 is 24.5 Å². The lowest BCUT2D eigenvalue weighted by Gasteiger charge is -2.23. The van der Waals surface area contributed by atoms with Gasteiger partial charge in [-0.25, -0.2) is 4.98 Å². The largest absolute Gasteiger partial charge is 0.398 e. The number of anilines is 1. The summed E-state index contributed by atoms with van der Waals surface area (Å²) in [5, 5.41) is 20.2. The highest BCUT2D eigenvalue weighted by Gasteiger charge is 2.47. The molecule has 0 radical (unpaired) electrons. The number of nitrogen functional groups attached to an aromatic ring is 1. The van der Waals surface area contributed by atoms with Gasteiger partial charge in [-0.2, -0.15) is 0 Å². The number of pyridine rings is 1. The van der Waals surface area contributed by atoms with E-state index in [1.807, 2.05) is 6.07 Å². The van der Waals surface area contributed by atoms with Gasteiger partial charge in [-0.05, 0) is 12.1 Å². The Bertz CT molecular complexity index is 691. The first kappa shape index (κ1) is 12.9. The molecule has 104 valence electrons. The van der Waals surface area contributed by atoms with Crippen molar-refractivity contribution in [2.24, 2.45) is 0 Å². The third-order valence-corrected chi connectivity index (χ3v) is 3.75. The Hall–Kier alpha value is -2.07. The molecule has 6 nitrogen and oxygen atoms in total. The number of nitrogens with two attached hydrogens (primary N) is 1. The van der Waals surface area contributed by atoms with Crippen LogP contribution in [0.1, 0.15) is 12.6 Å². The second-order valence-corrected chi connectivity index (χ2v) is 4.88. The molecule has 0 aromatic carbocycles. The molecule has 1 fully saturated rings. The molecule has 0 saturated carbocycles. The monoisotopic (exact) mass is 273 g/mol. The molecule has 0 amide bonds. The summed E-state index contributed by atoms with van der Waals surface area (Å²) in [6.07, 6.45) is 7.65. The van der Waals surface area contributed by atoms with E-state index in [0.717, 1.165) is 5.39 Å². The molecule has 3 heterocycles. The van der Waals surface area contributed by atoms with Crippen molar-refractivity contribution in [2.75, 3.05) is 12.3 Å². The molecule has 0 bridgehead atoms. The molecular formula is C14H15N3O3. The first-order valence-electron chi connectivity index (χ1n) is 6.27. The van der Waals surface area contributed by atoms with E-state index in [-0.39, 0.29) is 6.42 Å². The number of fused-ring (bicyclic) bond motifs is 1. The summed E-state index contributed by atoms with van der Waals surface area (Å²) in [5.74, 6) is 2.35. The SMILES string of the molecule is C#C[C@]1(CO)O[C@@H](n2ccc3c(N)ccnc32)C[C@@H]1O. The van der Waals surface area contributed by atoms with E-state index in [0.29, 0.717) is 11.3 Å². The highest BCUT2D eigenvalue weighted by Crippen LogP contribution is 2.38. The van der Waals surface area contributed by atoms with Gasteiger partial charge in [-0.1, -0.05) is 5.92 Å². The number of hydrogen-bond acceptors (Lipinski definition) is 5. The summed E-state index contributed by atoms with van der Waals surface area (Å²) in [6, 6.07) is 3.55. The third kappa shape index (κ3) is 1.68. The Morgan fingerprint density at radius 1 is 1.60 bits per heavy atom. The molecule has 3 rings (SSSR count). The van der Waals surface area contributed by atoms with E-state index in [4.69, 9.17) is 16.9 Å². The third-order valence-electron chi connectivity index (χ3n) is 3.75. The van der Waals surface area contributed by atoms with Crippen molar-refractivity contribution in [1.82, 2.24) is 9.55 Å². The molecule has 0 spiro atoms. The van der Waals surface area contributed by atoms with Gasteiger partial charge in [-0.3, -0.25) is 0 Å². The quantitative estimate of drug-likeness (QED) is 0.683. The van der Waals surface area contributed by atoms with Crippen LogP contribution >= 0.6 is 0 Å². The van der Waals surface area contributed by atoms with Crippen LogP contribution in [0.3, 0.4) is 0 Å². The number of aliphatic hydroxyl groups is 2. The van der Waals surface area contributed by atoms with Gasteiger partial charge in [0, 0.05) is 29.9 Å². The van der Waals surface area contributed by atoms with Gasteiger partial charge >= 0.3 is 0 Å². The highest BCUT2D eigenvalue weighted by molar-refractivity contribution is 5.88. The second-order valence-electron chi connectivity index (χ2n) is 4.88. The average molecular weight is 273 g/mol. The van der Waals surface area contributed by atoms with Gasteiger partial charge in [0.2, 0.25) is 0 Å². The predicted octanol–water partition coefficient (Wildman–Crippen LogP) is 0.263. The summed E-state index contributed by atoms with van der Waals surface area (Å²) in [7, 11) is 0. The number of aromatic nitrogens is 2. The molecule has 1 aliphatic rings. The zero-order chi connectivity index (χ0) is 14.3. The van der Waals surface area contributed by atoms with E-state index in [9.17, 15) is 10.2 Å². The molecule has 6 heteroatoms. The van der Waals surface area contributed by atoms with Crippen molar-refractivity contribution < 1.29 is 14.9 Å². The smallest absolute Gasteiger partial charge is 0.179 e. The molecule has 20 heavy (non-hydrogen) atoms. The van der Waals surface area contributed by atoms with Crippen LogP contribution in [0.25, 0.3) is 11.0 Å². The maximum atomic E-state index is 10.0. The van der Waals surface area contributed by atoms with Crippen molar-refractivity contribution in [3.8, 4) is 12.3 Å². The van der Waals surface area contributed by atoms with Crippen LogP contribution in [0.15, 0.2) is 24.5 Å². The van der Waals surface area contributed by atoms with E-state index >= 15 is 0 Å². The van der Waals surface area contributed by atoms with Gasteiger partial charge in [0.05, 0.1) is 6.61 Å². The lowest BCUT2D eigenvalue weighted by atomic mass is 9.99. The Balaban J connectivity index is 2.02. The number of ether oxygens (including phenoxy) is 1. The van der Waals surface area contributed by atoms with Gasteiger partial charge in [0.1, 0.15) is 18.0 Å². The summed E-state index contributed by atoms with van der Waals surface area (Å²) >= 11 is 0. The van der Waals surface area contributed by atoms with Crippen molar-refractivity contribution >= 4 is 16.7 Å². The Morgan fingerprint density at radius 2 is 2.40 bits per heavy atom. The van der Waals surface area contributed by atoms with Crippen LogP contribution in [0, 0.1) is 12.3 Å². The maximum Gasteiger partial charge on any atom is 0.179 e. The number of terminal acetylenes is 1. The fourth-order valence-corrected chi connectivity index (χ4v) is 2.55. The number of aliphatic hydroxyl groups excluding tert-OH is 2. The topological polar surface area (TPSA) is 93.5 Å². The molecule has 2 aromatic rings. The summed E-state index contributed by atoms with van der Waals surface area (Å²) < 4.78 is 7.47. The minimum atomic E-state index is -1.36. The second kappa shape index (κ2) is 4.49. The Morgan fingerprint density at radius 3 is 3.05 bits per heavy atom. The van der Waals surface area contributed by atoms with Crippen molar-refractivity contribution in [3.05, 3.63) is 24.5 Å². The summed E-state index contributed by atoms with van der Waals surface area (Å²) in [4.78, 5) is 4.28. The number of hydrogen-bond donors (Lipinski definition) is 3. The number of rotatable bonds is 2. The zero-order valence-electron chi connectivity index (χ0n) is 10.7. The van der Waals surface area contributed by atoms with Crippen molar-refractivity contribution in [2.45, 2.75) is 24.4 Å². The summed E-state index contributed by atoms with van der Waals surface area (Å²) in [6.45, 7) is -0.435. The lowest BCUT2D eigenvalue weighted by molar-refractivity contribution is -0.0890. The lowest BCUT2D eigenvalue weighted by Crippen LogP contribution is -2.41. The minimum Gasteiger partial charge on any atom is -0.398 e. The van der Waals surface area contributed by atoms with Gasteiger partial charge in [0.15, 0.2) is 5.60 Å². The van der Waals surface area contributed by atoms with Crippen LogP contribution < -0.4 is 5.73 Å². The minimum absolute atomic E-state index is 0.283. The van der Waals surface area contributed by atoms with E-state index in [1.54, 1.807) is 23.0 Å². The Labute approximate surface area is 115 Å². The Kier molecular flexibility index (Phi) is 2.91. The molecule has 1 saturated heterocycles. The van der Waals surface area contributed by atoms with Crippen molar-refractivity contribution in [1.29, 1.82) is 0 Å². The molecule has 0 aliphatic carbocycles. The molecule has 4 N–H and O–H groups in total. The van der Waals surface area contributed by atoms with E-state index in [1.165, 1.54) is 0 Å². The maximum absolute atomic E-state index is 10.0. The van der Waals surface area contributed by atoms with Crippen LogP contribution in [-0.4, -0.2) is 38.1 Å². The van der Waals surface area contributed by atoms with Crippen LogP contribution in [0.5, 0.6) is 0 Å². The molecule has 3 atom stereocenters. The van der Waals surface area contributed by atoms with Gasteiger partial charge in [0.25, 0.3) is 0 Å². The normalized spacial score (nSPS) is 29.6. The van der Waals surface area contributed by atoms with E-state index in [2.05, 4.69) is 10.9 Å². The first-order valence-corrected chi connectivity index (χ1v) is 6.27. The molecule has 1 aliphatic heterocycles. The molecule has 0 unspecified atom stereocenters. The standard InChI is InChI=1S/C14H15N3O3/c1-2-14(8-18)11(19)7-12(20-14)17-6-4-9-10(15)3-5-16-13(9)17/h1,3-6,11-12,18-19H,7-8H2,(H2,15,16)/t11-,12+,14+/m0/s1. The first-order chi connectivity index (χ1) is 9.61. The zero-order valence-corrected chi connectivity index (χ0v) is 10.7. The average Bonchev–Trinajstić information content (AvgIpc) is 3.01. The van der Waals surface area contributed by atoms with Crippen LogP contribution in [0.4, 0.5) is 5.69 Å². The highest BCUT2D eigenvalue weighted by atomic mass is 16.6. The number of nitrogens with zero attached hydrogens (tertiary/aromatic N) is 2.